The summed E-state index contributed by atoms with van der Waals surface area (Å²) in [5.41, 5.74) is 3.51. The second kappa shape index (κ2) is 11.7. The average Bonchev–Trinajstić information content (AvgIpc) is 2.86. The molecule has 164 valence electrons. The van der Waals surface area contributed by atoms with Crippen LogP contribution in [0.25, 0.3) is 0 Å². The van der Waals surface area contributed by atoms with Gasteiger partial charge in [-0.3, -0.25) is 0 Å². The first kappa shape index (κ1) is 21.6. The van der Waals surface area contributed by atoms with Gasteiger partial charge in [-0.1, -0.05) is 48.5 Å². The van der Waals surface area contributed by atoms with Crippen LogP contribution in [0.5, 0.6) is 11.5 Å². The highest BCUT2D eigenvalue weighted by molar-refractivity contribution is 5.79. The van der Waals surface area contributed by atoms with Crippen molar-refractivity contribution in [3.8, 4) is 11.5 Å². The Balaban J connectivity index is 1.25. The second-order valence-corrected chi connectivity index (χ2v) is 6.94. The maximum Gasteiger partial charge on any atom is 0.230 e. The molecule has 0 aliphatic rings. The molecule has 6 heteroatoms. The van der Waals surface area contributed by atoms with Gasteiger partial charge in [-0.2, -0.15) is 0 Å². The van der Waals surface area contributed by atoms with Gasteiger partial charge in [-0.05, 0) is 48.5 Å². The van der Waals surface area contributed by atoms with Crippen molar-refractivity contribution in [2.45, 2.75) is 0 Å². The highest BCUT2D eigenvalue weighted by Gasteiger charge is 1.99. The van der Waals surface area contributed by atoms with Crippen LogP contribution in [0.15, 0.2) is 119 Å². The van der Waals surface area contributed by atoms with E-state index in [0.29, 0.717) is 11.5 Å². The van der Waals surface area contributed by atoms with Gasteiger partial charge in [0.2, 0.25) is 6.79 Å². The summed E-state index contributed by atoms with van der Waals surface area (Å²) in [6.07, 6.45) is 3.31. The van der Waals surface area contributed by atoms with E-state index in [-0.39, 0.29) is 6.79 Å². The van der Waals surface area contributed by atoms with E-state index in [9.17, 15) is 0 Å². The van der Waals surface area contributed by atoms with Crippen LogP contribution < -0.4 is 20.1 Å². The summed E-state index contributed by atoms with van der Waals surface area (Å²) in [6, 6.07) is 34.7. The normalized spacial score (nSPS) is 10.9. The number of benzene rings is 4. The fraction of sp³-hybridized carbons (Fsp3) is 0.0370. The fourth-order valence-electron chi connectivity index (χ4n) is 2.91. The Morgan fingerprint density at radius 2 is 1.00 bits per heavy atom. The van der Waals surface area contributed by atoms with E-state index in [4.69, 9.17) is 9.47 Å². The lowest BCUT2D eigenvalue weighted by atomic mass is 10.3. The molecule has 0 atom stereocenters. The van der Waals surface area contributed by atoms with E-state index in [1.54, 1.807) is 12.7 Å². The first-order valence-electron chi connectivity index (χ1n) is 10.5. The van der Waals surface area contributed by atoms with Gasteiger partial charge in [0, 0.05) is 23.5 Å². The van der Waals surface area contributed by atoms with Crippen LogP contribution in [0.2, 0.25) is 0 Å². The minimum absolute atomic E-state index is 0.0864. The molecule has 0 saturated carbocycles. The first-order chi connectivity index (χ1) is 16.3. The number of nitrogens with zero attached hydrogens (tertiary/aromatic N) is 2. The molecule has 4 rings (SSSR count). The van der Waals surface area contributed by atoms with Crippen LogP contribution in [0.3, 0.4) is 0 Å². The topological polar surface area (TPSA) is 67.2 Å². The largest absolute Gasteiger partial charge is 0.457 e. The SMILES string of the molecule is C(=Nc1ccccc1)Nc1cccc(OCOc2cccc(NC=Nc3ccccc3)c2)c1. The molecule has 0 saturated heterocycles. The van der Waals surface area contributed by atoms with Gasteiger partial charge in [0.25, 0.3) is 0 Å². The molecule has 4 aromatic carbocycles. The van der Waals surface area contributed by atoms with Crippen LogP contribution in [0.4, 0.5) is 22.7 Å². The lowest BCUT2D eigenvalue weighted by molar-refractivity contribution is 0.120. The number of para-hydroxylation sites is 2. The van der Waals surface area contributed by atoms with Crippen molar-refractivity contribution in [2.24, 2.45) is 9.98 Å². The van der Waals surface area contributed by atoms with E-state index < -0.39 is 0 Å². The minimum atomic E-state index is 0.0864. The van der Waals surface area contributed by atoms with Gasteiger partial charge >= 0.3 is 0 Å². The van der Waals surface area contributed by atoms with Gasteiger partial charge in [0.15, 0.2) is 0 Å². The Labute approximate surface area is 193 Å². The summed E-state index contributed by atoms with van der Waals surface area (Å²) < 4.78 is 11.5. The van der Waals surface area contributed by atoms with Crippen molar-refractivity contribution >= 4 is 35.4 Å². The first-order valence-corrected chi connectivity index (χ1v) is 10.5. The van der Waals surface area contributed by atoms with E-state index in [2.05, 4.69) is 20.6 Å². The third-order valence-electron chi connectivity index (χ3n) is 4.52. The fourth-order valence-corrected chi connectivity index (χ4v) is 2.91. The Kier molecular flexibility index (Phi) is 7.68. The van der Waals surface area contributed by atoms with E-state index in [1.807, 2.05) is 109 Å². The van der Waals surface area contributed by atoms with Crippen molar-refractivity contribution in [1.82, 2.24) is 0 Å². The molecule has 4 aromatic rings. The predicted octanol–water partition coefficient (Wildman–Crippen LogP) is 6.65. The van der Waals surface area contributed by atoms with Crippen LogP contribution in [-0.2, 0) is 0 Å². The molecule has 2 N–H and O–H groups in total. The lowest BCUT2D eigenvalue weighted by Crippen LogP contribution is -2.06. The van der Waals surface area contributed by atoms with Crippen LogP contribution in [0, 0.1) is 0 Å². The monoisotopic (exact) mass is 436 g/mol. The van der Waals surface area contributed by atoms with Crippen molar-refractivity contribution < 1.29 is 9.47 Å². The molecule has 0 radical (unpaired) electrons. The number of rotatable bonds is 10. The van der Waals surface area contributed by atoms with Gasteiger partial charge in [-0.15, -0.1) is 0 Å². The Bertz CT molecular complexity index is 1100. The smallest absolute Gasteiger partial charge is 0.230 e. The van der Waals surface area contributed by atoms with Crippen LogP contribution >= 0.6 is 0 Å². The summed E-state index contributed by atoms with van der Waals surface area (Å²) in [4.78, 5) is 8.73. The van der Waals surface area contributed by atoms with Crippen molar-refractivity contribution in [2.75, 3.05) is 17.4 Å². The maximum atomic E-state index is 5.74. The van der Waals surface area contributed by atoms with Crippen molar-refractivity contribution in [1.29, 1.82) is 0 Å². The third kappa shape index (κ3) is 7.25. The van der Waals surface area contributed by atoms with E-state index >= 15 is 0 Å². The lowest BCUT2D eigenvalue weighted by Gasteiger charge is -2.10. The predicted molar refractivity (Wildman–Crippen MR) is 135 cm³/mol. The van der Waals surface area contributed by atoms with E-state index in [1.165, 1.54) is 0 Å². The summed E-state index contributed by atoms with van der Waals surface area (Å²) in [7, 11) is 0. The minimum Gasteiger partial charge on any atom is -0.457 e. The summed E-state index contributed by atoms with van der Waals surface area (Å²) >= 11 is 0. The molecular weight excluding hydrogens is 412 g/mol. The van der Waals surface area contributed by atoms with Crippen LogP contribution in [0.1, 0.15) is 0 Å². The molecule has 6 nitrogen and oxygen atoms in total. The average molecular weight is 437 g/mol. The highest BCUT2D eigenvalue weighted by Crippen LogP contribution is 2.20. The van der Waals surface area contributed by atoms with Gasteiger partial charge in [0.05, 0.1) is 24.1 Å². The summed E-state index contributed by atoms with van der Waals surface area (Å²) in [5, 5.41) is 6.29. The number of hydrogen-bond acceptors (Lipinski definition) is 4. The Hall–Kier alpha value is -4.58. The zero-order valence-corrected chi connectivity index (χ0v) is 18.0. The zero-order valence-electron chi connectivity index (χ0n) is 18.0. The maximum absolute atomic E-state index is 5.74. The number of ether oxygens (including phenoxy) is 2. The second-order valence-electron chi connectivity index (χ2n) is 6.94. The molecule has 33 heavy (non-hydrogen) atoms. The zero-order chi connectivity index (χ0) is 22.6. The molecule has 0 heterocycles. The Morgan fingerprint density at radius 1 is 0.545 bits per heavy atom. The van der Waals surface area contributed by atoms with E-state index in [0.717, 1.165) is 22.7 Å². The molecule has 0 fully saturated rings. The molecule has 0 spiro atoms. The van der Waals surface area contributed by atoms with Crippen molar-refractivity contribution in [3.05, 3.63) is 109 Å². The number of aliphatic imine (C=N–C) groups is 2. The molecule has 0 aromatic heterocycles. The molecule has 0 unspecified atom stereocenters. The molecule has 0 amide bonds. The van der Waals surface area contributed by atoms with Gasteiger partial charge < -0.3 is 20.1 Å². The highest BCUT2D eigenvalue weighted by atomic mass is 16.7. The Morgan fingerprint density at radius 3 is 1.45 bits per heavy atom. The summed E-state index contributed by atoms with van der Waals surface area (Å²) in [5.74, 6) is 1.38. The van der Waals surface area contributed by atoms with Gasteiger partial charge in [-0.25, -0.2) is 9.98 Å². The van der Waals surface area contributed by atoms with Crippen molar-refractivity contribution in [3.63, 3.8) is 0 Å². The molecular formula is C27H24N4O2. The number of nitrogens with one attached hydrogen (secondary N) is 2. The molecule has 0 aliphatic carbocycles. The van der Waals surface area contributed by atoms with Crippen LogP contribution in [-0.4, -0.2) is 19.5 Å². The number of hydrogen-bond donors (Lipinski definition) is 2. The van der Waals surface area contributed by atoms with Gasteiger partial charge in [0.1, 0.15) is 11.5 Å². The quantitative estimate of drug-likeness (QED) is 0.166. The molecule has 0 bridgehead atoms. The number of anilines is 2. The third-order valence-corrected chi connectivity index (χ3v) is 4.52. The summed E-state index contributed by atoms with van der Waals surface area (Å²) in [6.45, 7) is 0.0864. The molecule has 0 aliphatic heterocycles. The standard InChI is InChI=1S/C27H24N4O2/c1-3-9-22(10-4-1)28-19-30-24-13-7-15-26(17-24)32-21-33-27-16-8-14-25(18-27)31-20-29-23-11-5-2-6-12-23/h1-20H,21H2,(H,28,30)(H,29,31).